The van der Waals surface area contributed by atoms with E-state index in [0.717, 1.165) is 16.9 Å². The van der Waals surface area contributed by atoms with E-state index in [1.807, 2.05) is 54.6 Å². The van der Waals surface area contributed by atoms with Crippen LogP contribution >= 0.6 is 0 Å². The summed E-state index contributed by atoms with van der Waals surface area (Å²) in [6.07, 6.45) is 0.975. The molecule has 2 aromatic rings. The zero-order chi connectivity index (χ0) is 17.6. The molecule has 3 rings (SSSR count). The fourth-order valence-electron chi connectivity index (χ4n) is 3.13. The fourth-order valence-corrected chi connectivity index (χ4v) is 3.13. The summed E-state index contributed by atoms with van der Waals surface area (Å²) < 4.78 is 5.30. The van der Waals surface area contributed by atoms with E-state index in [0.29, 0.717) is 25.9 Å². The molecule has 2 aromatic carbocycles. The van der Waals surface area contributed by atoms with E-state index >= 15 is 0 Å². The summed E-state index contributed by atoms with van der Waals surface area (Å²) in [5.74, 6) is 0.653. The number of methoxy groups -OCH3 is 1. The van der Waals surface area contributed by atoms with Gasteiger partial charge in [-0.05, 0) is 18.1 Å². The highest BCUT2D eigenvalue weighted by atomic mass is 16.5. The van der Waals surface area contributed by atoms with Gasteiger partial charge < -0.3 is 15.0 Å². The molecule has 1 aliphatic heterocycles. The minimum Gasteiger partial charge on any atom is -0.496 e. The number of likely N-dealkylation sites (tertiary alicyclic amines) is 1. The van der Waals surface area contributed by atoms with E-state index in [9.17, 15) is 9.59 Å². The SMILES string of the molecule is COc1ccccc1CNC(=O)C1CCC(=O)N1Cc1ccccc1. The molecule has 0 bridgehead atoms. The molecule has 1 N–H and O–H groups in total. The lowest BCUT2D eigenvalue weighted by Gasteiger charge is -2.24. The summed E-state index contributed by atoms with van der Waals surface area (Å²) in [7, 11) is 1.61. The van der Waals surface area contributed by atoms with Crippen LogP contribution in [0.4, 0.5) is 0 Å². The minimum absolute atomic E-state index is 0.0290. The molecule has 0 saturated carbocycles. The van der Waals surface area contributed by atoms with Crippen LogP contribution in [0.25, 0.3) is 0 Å². The second-order valence-corrected chi connectivity index (χ2v) is 6.09. The van der Waals surface area contributed by atoms with E-state index < -0.39 is 6.04 Å². The number of benzene rings is 2. The van der Waals surface area contributed by atoms with E-state index in [1.165, 1.54) is 0 Å². The van der Waals surface area contributed by atoms with Crippen molar-refractivity contribution in [3.05, 3.63) is 65.7 Å². The van der Waals surface area contributed by atoms with Crippen molar-refractivity contribution in [1.82, 2.24) is 10.2 Å². The first kappa shape index (κ1) is 17.0. The molecule has 1 fully saturated rings. The van der Waals surface area contributed by atoms with Gasteiger partial charge in [-0.2, -0.15) is 0 Å². The predicted molar refractivity (Wildman–Crippen MR) is 94.9 cm³/mol. The number of carbonyl (C=O) groups excluding carboxylic acids is 2. The first-order valence-electron chi connectivity index (χ1n) is 8.42. The Morgan fingerprint density at radius 3 is 2.64 bits per heavy atom. The van der Waals surface area contributed by atoms with Crippen LogP contribution in [0.2, 0.25) is 0 Å². The second-order valence-electron chi connectivity index (χ2n) is 6.09. The van der Waals surface area contributed by atoms with Gasteiger partial charge in [0.2, 0.25) is 11.8 Å². The molecular formula is C20H22N2O3. The third kappa shape index (κ3) is 3.99. The van der Waals surface area contributed by atoms with Gasteiger partial charge in [0, 0.05) is 25.1 Å². The van der Waals surface area contributed by atoms with Crippen molar-refractivity contribution in [3.8, 4) is 5.75 Å². The van der Waals surface area contributed by atoms with Crippen LogP contribution in [0.15, 0.2) is 54.6 Å². The van der Waals surface area contributed by atoms with Crippen LogP contribution in [0, 0.1) is 0 Å². The van der Waals surface area contributed by atoms with Crippen molar-refractivity contribution >= 4 is 11.8 Å². The average Bonchev–Trinajstić information content (AvgIpc) is 3.01. The van der Waals surface area contributed by atoms with Gasteiger partial charge in [-0.1, -0.05) is 48.5 Å². The van der Waals surface area contributed by atoms with Crippen molar-refractivity contribution in [3.63, 3.8) is 0 Å². The van der Waals surface area contributed by atoms with Gasteiger partial charge >= 0.3 is 0 Å². The highest BCUT2D eigenvalue weighted by Gasteiger charge is 2.35. The van der Waals surface area contributed by atoms with Crippen molar-refractivity contribution in [1.29, 1.82) is 0 Å². The molecule has 0 radical (unpaired) electrons. The topological polar surface area (TPSA) is 58.6 Å². The average molecular weight is 338 g/mol. The third-order valence-corrected chi connectivity index (χ3v) is 4.47. The largest absolute Gasteiger partial charge is 0.496 e. The molecule has 1 aliphatic rings. The molecule has 2 amide bonds. The number of nitrogens with one attached hydrogen (secondary N) is 1. The van der Waals surface area contributed by atoms with Gasteiger partial charge in [-0.15, -0.1) is 0 Å². The van der Waals surface area contributed by atoms with E-state index in [4.69, 9.17) is 4.74 Å². The first-order chi connectivity index (χ1) is 12.2. The maximum Gasteiger partial charge on any atom is 0.243 e. The molecular weight excluding hydrogens is 316 g/mol. The van der Waals surface area contributed by atoms with Crippen LogP contribution in [0.1, 0.15) is 24.0 Å². The van der Waals surface area contributed by atoms with Gasteiger partial charge in [-0.3, -0.25) is 9.59 Å². The first-order valence-corrected chi connectivity index (χ1v) is 8.42. The van der Waals surface area contributed by atoms with E-state index in [1.54, 1.807) is 12.0 Å². The molecule has 1 heterocycles. The zero-order valence-corrected chi connectivity index (χ0v) is 14.3. The summed E-state index contributed by atoms with van der Waals surface area (Å²) in [4.78, 5) is 26.5. The molecule has 0 aromatic heterocycles. The van der Waals surface area contributed by atoms with Crippen molar-refractivity contribution in [2.75, 3.05) is 7.11 Å². The number of ether oxygens (including phenoxy) is 1. The Bertz CT molecular complexity index is 746. The Morgan fingerprint density at radius 1 is 1.16 bits per heavy atom. The molecule has 0 spiro atoms. The molecule has 25 heavy (non-hydrogen) atoms. The smallest absolute Gasteiger partial charge is 0.243 e. The van der Waals surface area contributed by atoms with Crippen LogP contribution in [0.3, 0.4) is 0 Å². The predicted octanol–water partition coefficient (Wildman–Crippen LogP) is 2.50. The van der Waals surface area contributed by atoms with Crippen molar-refractivity contribution < 1.29 is 14.3 Å². The van der Waals surface area contributed by atoms with Crippen LogP contribution < -0.4 is 10.1 Å². The molecule has 5 nitrogen and oxygen atoms in total. The maximum absolute atomic E-state index is 12.6. The lowest BCUT2D eigenvalue weighted by molar-refractivity contribution is -0.135. The zero-order valence-electron chi connectivity index (χ0n) is 14.3. The second kappa shape index (κ2) is 7.83. The van der Waals surface area contributed by atoms with Gasteiger partial charge in [0.25, 0.3) is 0 Å². The lowest BCUT2D eigenvalue weighted by Crippen LogP contribution is -2.44. The van der Waals surface area contributed by atoms with Crippen molar-refractivity contribution in [2.24, 2.45) is 0 Å². The Kier molecular flexibility index (Phi) is 5.33. The summed E-state index contributed by atoms with van der Waals surface area (Å²) in [6.45, 7) is 0.846. The summed E-state index contributed by atoms with van der Waals surface area (Å²) in [6, 6.07) is 16.9. The monoisotopic (exact) mass is 338 g/mol. The highest BCUT2D eigenvalue weighted by molar-refractivity contribution is 5.90. The Labute approximate surface area is 147 Å². The quantitative estimate of drug-likeness (QED) is 0.880. The maximum atomic E-state index is 12.6. The Morgan fingerprint density at radius 2 is 1.88 bits per heavy atom. The van der Waals surface area contributed by atoms with Crippen LogP contribution in [-0.4, -0.2) is 29.9 Å². The molecule has 5 heteroatoms. The van der Waals surface area contributed by atoms with Gasteiger partial charge in [0.1, 0.15) is 11.8 Å². The summed E-state index contributed by atoms with van der Waals surface area (Å²) >= 11 is 0. The summed E-state index contributed by atoms with van der Waals surface area (Å²) in [5, 5.41) is 2.94. The molecule has 1 atom stereocenters. The number of amides is 2. The van der Waals surface area contributed by atoms with Gasteiger partial charge in [-0.25, -0.2) is 0 Å². The number of hydrogen-bond acceptors (Lipinski definition) is 3. The molecule has 130 valence electrons. The van der Waals surface area contributed by atoms with E-state index in [2.05, 4.69) is 5.32 Å². The number of hydrogen-bond donors (Lipinski definition) is 1. The number of nitrogens with zero attached hydrogens (tertiary/aromatic N) is 1. The molecule has 1 saturated heterocycles. The normalized spacial score (nSPS) is 16.8. The molecule has 0 aliphatic carbocycles. The van der Waals surface area contributed by atoms with Crippen LogP contribution in [0.5, 0.6) is 5.75 Å². The number of para-hydroxylation sites is 1. The number of carbonyl (C=O) groups is 2. The number of rotatable bonds is 6. The Balaban J connectivity index is 1.65. The van der Waals surface area contributed by atoms with Gasteiger partial charge in [0.05, 0.1) is 7.11 Å². The van der Waals surface area contributed by atoms with E-state index in [-0.39, 0.29) is 11.8 Å². The summed E-state index contributed by atoms with van der Waals surface area (Å²) in [5.41, 5.74) is 1.94. The van der Waals surface area contributed by atoms with Crippen LogP contribution in [-0.2, 0) is 22.7 Å². The molecule has 1 unspecified atom stereocenters. The minimum atomic E-state index is -0.414. The van der Waals surface area contributed by atoms with Gasteiger partial charge in [0.15, 0.2) is 0 Å². The standard InChI is InChI=1S/C20H22N2O3/c1-25-18-10-6-5-9-16(18)13-21-20(24)17-11-12-19(23)22(17)14-15-7-3-2-4-8-15/h2-10,17H,11-14H2,1H3,(H,21,24). The highest BCUT2D eigenvalue weighted by Crippen LogP contribution is 2.22. The third-order valence-electron chi connectivity index (χ3n) is 4.47. The van der Waals surface area contributed by atoms with Crippen molar-refractivity contribution in [2.45, 2.75) is 32.0 Å². The lowest BCUT2D eigenvalue weighted by atomic mass is 10.1. The fraction of sp³-hybridized carbons (Fsp3) is 0.300. The Hall–Kier alpha value is -2.82.